The molecule has 2 N–H and O–H groups in total. The monoisotopic (exact) mass is 373 g/mol. The van der Waals surface area contributed by atoms with Crippen LogP contribution in [0.2, 0.25) is 0 Å². The van der Waals surface area contributed by atoms with Gasteiger partial charge in [0.25, 0.3) is 0 Å². The minimum absolute atomic E-state index is 0.467. The summed E-state index contributed by atoms with van der Waals surface area (Å²) in [4.78, 5) is 4.85. The molecule has 0 aromatic rings. The second-order valence-electron chi connectivity index (χ2n) is 7.97. The highest BCUT2D eigenvalue weighted by atomic mass is 15.2. The molecular formula is C24H43N3. The first-order valence-electron chi connectivity index (χ1n) is 10.9. The molecule has 1 aliphatic heterocycles. The van der Waals surface area contributed by atoms with Crippen molar-refractivity contribution >= 4 is 0 Å². The zero-order chi connectivity index (χ0) is 20.4. The second-order valence-corrected chi connectivity index (χ2v) is 7.97. The lowest BCUT2D eigenvalue weighted by Gasteiger charge is -2.33. The normalized spacial score (nSPS) is 18.2. The smallest absolute Gasteiger partial charge is 0.0503 e. The molecule has 1 heterocycles. The molecule has 3 nitrogen and oxygen atoms in total. The average molecular weight is 374 g/mol. The number of allylic oxidation sites excluding steroid dienone is 4. The fraction of sp³-hybridized carbons (Fsp3) is 0.667. The minimum Gasteiger partial charge on any atom is -0.397 e. The SMILES string of the molecule is C=C/C(N)=C(/CCCCC1=CN(C)C(CC)C(CC)=C1)N(CCC)C(C)C. The molecule has 0 saturated carbocycles. The number of hydrogen-bond acceptors (Lipinski definition) is 3. The lowest BCUT2D eigenvalue weighted by Crippen LogP contribution is -2.33. The quantitative estimate of drug-likeness (QED) is 0.338. The van der Waals surface area contributed by atoms with Crippen LogP contribution in [-0.4, -0.2) is 35.5 Å². The highest BCUT2D eigenvalue weighted by molar-refractivity contribution is 5.31. The molecule has 1 rings (SSSR count). The minimum atomic E-state index is 0.467. The number of nitrogens with two attached hydrogens (primary N) is 1. The van der Waals surface area contributed by atoms with Crippen LogP contribution in [0.5, 0.6) is 0 Å². The van der Waals surface area contributed by atoms with Crippen molar-refractivity contribution < 1.29 is 0 Å². The van der Waals surface area contributed by atoms with Gasteiger partial charge in [0.2, 0.25) is 0 Å². The van der Waals surface area contributed by atoms with E-state index in [9.17, 15) is 0 Å². The third-order valence-corrected chi connectivity index (χ3v) is 5.57. The standard InChI is InChI=1S/C24H43N3/c1-8-16-27(19(5)6)24(22(25)10-3)15-13-12-14-20-17-21(9-2)23(11-4)26(7)18-20/h10,17-19,23H,3,8-9,11-16,25H2,1-2,4-7H3/b24-22+. The summed E-state index contributed by atoms with van der Waals surface area (Å²) >= 11 is 0. The third kappa shape index (κ3) is 6.79. The van der Waals surface area contributed by atoms with Crippen LogP contribution in [0.15, 0.2) is 47.5 Å². The molecule has 1 unspecified atom stereocenters. The van der Waals surface area contributed by atoms with Crippen LogP contribution in [0.4, 0.5) is 0 Å². The molecule has 0 amide bonds. The molecule has 0 aromatic heterocycles. The largest absolute Gasteiger partial charge is 0.397 e. The van der Waals surface area contributed by atoms with E-state index >= 15 is 0 Å². The predicted octanol–water partition coefficient (Wildman–Crippen LogP) is 5.97. The molecule has 0 aliphatic carbocycles. The highest BCUT2D eigenvalue weighted by Crippen LogP contribution is 2.27. The summed E-state index contributed by atoms with van der Waals surface area (Å²) in [5, 5.41) is 0. The van der Waals surface area contributed by atoms with Crippen LogP contribution in [0, 0.1) is 0 Å². The van der Waals surface area contributed by atoms with Crippen LogP contribution in [-0.2, 0) is 0 Å². The average Bonchev–Trinajstić information content (AvgIpc) is 2.65. The molecule has 0 bridgehead atoms. The van der Waals surface area contributed by atoms with E-state index in [0.29, 0.717) is 12.1 Å². The van der Waals surface area contributed by atoms with Crippen LogP contribution in [0.1, 0.15) is 79.6 Å². The lowest BCUT2D eigenvalue weighted by atomic mass is 9.93. The molecule has 0 spiro atoms. The molecule has 0 radical (unpaired) electrons. The Labute approximate surface area is 168 Å². The maximum atomic E-state index is 6.29. The Bertz CT molecular complexity index is 554. The van der Waals surface area contributed by atoms with E-state index in [4.69, 9.17) is 5.73 Å². The molecule has 1 atom stereocenters. The molecule has 1 aliphatic rings. The van der Waals surface area contributed by atoms with Crippen LogP contribution < -0.4 is 5.73 Å². The first-order chi connectivity index (χ1) is 12.9. The van der Waals surface area contributed by atoms with Crippen LogP contribution in [0.25, 0.3) is 0 Å². The molecule has 27 heavy (non-hydrogen) atoms. The van der Waals surface area contributed by atoms with Crippen molar-refractivity contribution in [2.24, 2.45) is 5.73 Å². The fourth-order valence-corrected chi connectivity index (χ4v) is 4.15. The topological polar surface area (TPSA) is 32.5 Å². The van der Waals surface area contributed by atoms with Gasteiger partial charge in [0.05, 0.1) is 5.70 Å². The van der Waals surface area contributed by atoms with Crippen LogP contribution >= 0.6 is 0 Å². The van der Waals surface area contributed by atoms with Gasteiger partial charge >= 0.3 is 0 Å². The lowest BCUT2D eigenvalue weighted by molar-refractivity contribution is 0.270. The zero-order valence-electron chi connectivity index (χ0n) is 18.7. The second kappa shape index (κ2) is 11.9. The first kappa shape index (κ1) is 23.4. The van der Waals surface area contributed by atoms with Crippen molar-refractivity contribution in [3.63, 3.8) is 0 Å². The van der Waals surface area contributed by atoms with Gasteiger partial charge in [-0.15, -0.1) is 0 Å². The molecule has 0 saturated heterocycles. The predicted molar refractivity (Wildman–Crippen MR) is 120 cm³/mol. The number of hydrogen-bond donors (Lipinski definition) is 1. The van der Waals surface area contributed by atoms with Gasteiger partial charge in [-0.2, -0.15) is 0 Å². The summed E-state index contributed by atoms with van der Waals surface area (Å²) in [5.74, 6) is 0. The van der Waals surface area contributed by atoms with Gasteiger partial charge in [0, 0.05) is 37.6 Å². The molecule has 154 valence electrons. The number of nitrogens with zero attached hydrogens (tertiary/aromatic N) is 2. The van der Waals surface area contributed by atoms with Crippen molar-refractivity contribution in [1.82, 2.24) is 9.80 Å². The molecule has 0 fully saturated rings. The Balaban J connectivity index is 2.69. The Morgan fingerprint density at radius 2 is 2.00 bits per heavy atom. The van der Waals surface area contributed by atoms with E-state index in [1.165, 1.54) is 24.1 Å². The van der Waals surface area contributed by atoms with Gasteiger partial charge in [0.15, 0.2) is 0 Å². The Morgan fingerprint density at radius 3 is 2.52 bits per heavy atom. The van der Waals surface area contributed by atoms with Gasteiger partial charge in [0.1, 0.15) is 0 Å². The maximum Gasteiger partial charge on any atom is 0.0503 e. The van der Waals surface area contributed by atoms with Crippen molar-refractivity contribution in [2.45, 2.75) is 91.6 Å². The zero-order valence-corrected chi connectivity index (χ0v) is 18.7. The fourth-order valence-electron chi connectivity index (χ4n) is 4.15. The molecule has 3 heteroatoms. The maximum absolute atomic E-state index is 6.29. The summed E-state index contributed by atoms with van der Waals surface area (Å²) in [5.41, 5.74) is 11.4. The van der Waals surface area contributed by atoms with Gasteiger partial charge in [-0.3, -0.25) is 0 Å². The van der Waals surface area contributed by atoms with Gasteiger partial charge < -0.3 is 15.5 Å². The van der Waals surface area contributed by atoms with E-state index in [-0.39, 0.29) is 0 Å². The number of unbranched alkanes of at least 4 members (excludes halogenated alkanes) is 1. The van der Waals surface area contributed by atoms with Crippen molar-refractivity contribution in [3.8, 4) is 0 Å². The van der Waals surface area contributed by atoms with Gasteiger partial charge in [-0.25, -0.2) is 0 Å². The molecule has 0 aromatic carbocycles. The van der Waals surface area contributed by atoms with Crippen molar-refractivity contribution in [2.75, 3.05) is 13.6 Å². The Kier molecular flexibility index (Phi) is 10.4. The summed E-state index contributed by atoms with van der Waals surface area (Å²) in [6.45, 7) is 16.2. The van der Waals surface area contributed by atoms with E-state index in [1.54, 1.807) is 11.6 Å². The summed E-state index contributed by atoms with van der Waals surface area (Å²) < 4.78 is 0. The summed E-state index contributed by atoms with van der Waals surface area (Å²) in [6.07, 6.45) is 14.6. The van der Waals surface area contributed by atoms with Crippen molar-refractivity contribution in [3.05, 3.63) is 47.5 Å². The Morgan fingerprint density at radius 1 is 1.30 bits per heavy atom. The highest BCUT2D eigenvalue weighted by Gasteiger charge is 2.19. The van der Waals surface area contributed by atoms with Crippen molar-refractivity contribution in [1.29, 1.82) is 0 Å². The van der Waals surface area contributed by atoms with E-state index in [2.05, 4.69) is 70.3 Å². The van der Waals surface area contributed by atoms with E-state index in [1.807, 2.05) is 0 Å². The van der Waals surface area contributed by atoms with Gasteiger partial charge in [-0.05, 0) is 76.0 Å². The molecular weight excluding hydrogens is 330 g/mol. The summed E-state index contributed by atoms with van der Waals surface area (Å²) in [7, 11) is 2.22. The van der Waals surface area contributed by atoms with E-state index in [0.717, 1.165) is 44.3 Å². The van der Waals surface area contributed by atoms with E-state index < -0.39 is 0 Å². The van der Waals surface area contributed by atoms with Gasteiger partial charge in [-0.1, -0.05) is 33.4 Å². The third-order valence-electron chi connectivity index (χ3n) is 5.57. The van der Waals surface area contributed by atoms with Crippen LogP contribution in [0.3, 0.4) is 0 Å². The summed E-state index contributed by atoms with van der Waals surface area (Å²) in [6, 6.07) is 1.04. The number of likely N-dealkylation sites (N-methyl/N-ethyl adjacent to an activating group) is 1. The number of rotatable bonds is 12. The first-order valence-corrected chi connectivity index (χ1v) is 10.9. The Hall–Kier alpha value is -1.64.